The predicted octanol–water partition coefficient (Wildman–Crippen LogP) is 3.18. The highest BCUT2D eigenvalue weighted by atomic mass is 35.5. The molecule has 96 valence electrons. The van der Waals surface area contributed by atoms with E-state index in [1.807, 2.05) is 14.0 Å². The molecule has 1 heterocycles. The number of hydrogen-bond acceptors (Lipinski definition) is 2. The molecule has 1 aromatic rings. The number of hydrogen-bond donors (Lipinski definition) is 0. The van der Waals surface area contributed by atoms with Gasteiger partial charge < -0.3 is 0 Å². The molecule has 3 nitrogen and oxygen atoms in total. The lowest BCUT2D eigenvalue weighted by Crippen LogP contribution is -2.11. The molecule has 0 fully saturated rings. The first-order valence-corrected chi connectivity index (χ1v) is 6.59. The fraction of sp³-hybridized carbons (Fsp3) is 0.692. The second-order valence-electron chi connectivity index (χ2n) is 4.62. The summed E-state index contributed by atoms with van der Waals surface area (Å²) in [5.41, 5.74) is 1.72. The van der Waals surface area contributed by atoms with Crippen LogP contribution in [0, 0.1) is 5.92 Å². The molecule has 0 saturated carbocycles. The summed E-state index contributed by atoms with van der Waals surface area (Å²) in [5, 5.41) is 4.97. The molecule has 0 bridgehead atoms. The number of halogens is 1. The third-order valence-electron chi connectivity index (χ3n) is 3.14. The summed E-state index contributed by atoms with van der Waals surface area (Å²) in [7, 11) is 1.84. The summed E-state index contributed by atoms with van der Waals surface area (Å²) in [6.45, 7) is 6.21. The van der Waals surface area contributed by atoms with E-state index >= 15 is 0 Å². The van der Waals surface area contributed by atoms with E-state index in [1.54, 1.807) is 4.68 Å². The van der Waals surface area contributed by atoms with Crippen molar-refractivity contribution >= 4 is 17.4 Å². The lowest BCUT2D eigenvalue weighted by atomic mass is 9.99. The number of ketones is 1. The average molecular weight is 257 g/mol. The van der Waals surface area contributed by atoms with Crippen LogP contribution in [0.1, 0.15) is 45.0 Å². The summed E-state index contributed by atoms with van der Waals surface area (Å²) < 4.78 is 1.73. The molecule has 0 N–H and O–H groups in total. The van der Waals surface area contributed by atoms with Gasteiger partial charge in [0.15, 0.2) is 0 Å². The number of carbonyl (C=O) groups excluding carboxylic acids is 1. The zero-order chi connectivity index (χ0) is 13.0. The maximum absolute atomic E-state index is 11.9. The molecule has 1 aromatic heterocycles. The highest BCUT2D eigenvalue weighted by Gasteiger charge is 2.17. The van der Waals surface area contributed by atoms with Crippen LogP contribution in [-0.2, 0) is 24.7 Å². The molecule has 0 saturated heterocycles. The van der Waals surface area contributed by atoms with E-state index in [4.69, 9.17) is 11.6 Å². The minimum absolute atomic E-state index is 0.243. The van der Waals surface area contributed by atoms with E-state index in [0.717, 1.165) is 24.2 Å². The smallest absolute Gasteiger partial charge is 0.139 e. The molecule has 17 heavy (non-hydrogen) atoms. The Labute approximate surface area is 108 Å². The number of carbonyl (C=O) groups is 1. The van der Waals surface area contributed by atoms with Gasteiger partial charge in [-0.2, -0.15) is 5.10 Å². The molecule has 1 unspecified atom stereocenters. The van der Waals surface area contributed by atoms with Crippen LogP contribution in [-0.4, -0.2) is 15.6 Å². The van der Waals surface area contributed by atoms with E-state index in [1.165, 1.54) is 0 Å². The largest absolute Gasteiger partial charge is 0.299 e. The molecule has 0 aliphatic rings. The second kappa shape index (κ2) is 6.20. The summed E-state index contributed by atoms with van der Waals surface area (Å²) >= 11 is 6.21. The lowest BCUT2D eigenvalue weighted by Gasteiger charge is -2.07. The zero-order valence-corrected chi connectivity index (χ0v) is 11.8. The fourth-order valence-electron chi connectivity index (χ4n) is 1.80. The van der Waals surface area contributed by atoms with Crippen LogP contribution in [0.25, 0.3) is 0 Å². The van der Waals surface area contributed by atoms with Crippen molar-refractivity contribution in [2.75, 3.05) is 0 Å². The van der Waals surface area contributed by atoms with Crippen molar-refractivity contribution in [2.45, 2.75) is 46.5 Å². The summed E-state index contributed by atoms with van der Waals surface area (Å²) in [5.74, 6) is 0.687. The molecule has 4 heteroatoms. The number of aryl methyl sites for hydroxylation is 2. The van der Waals surface area contributed by atoms with Crippen LogP contribution in [0.4, 0.5) is 0 Å². The normalized spacial score (nSPS) is 12.8. The molecular weight excluding hydrogens is 236 g/mol. The Hall–Kier alpha value is -0.830. The van der Waals surface area contributed by atoms with Crippen LogP contribution < -0.4 is 0 Å². The minimum Gasteiger partial charge on any atom is -0.299 e. The van der Waals surface area contributed by atoms with Crippen molar-refractivity contribution in [1.29, 1.82) is 0 Å². The van der Waals surface area contributed by atoms with E-state index < -0.39 is 0 Å². The second-order valence-corrected chi connectivity index (χ2v) is 5.00. The Kier molecular flexibility index (Phi) is 5.19. The van der Waals surface area contributed by atoms with Crippen LogP contribution in [0.5, 0.6) is 0 Å². The molecule has 0 aromatic carbocycles. The van der Waals surface area contributed by atoms with Gasteiger partial charge in [0.2, 0.25) is 0 Å². The van der Waals surface area contributed by atoms with Gasteiger partial charge in [-0.25, -0.2) is 0 Å². The Morgan fingerprint density at radius 3 is 2.59 bits per heavy atom. The van der Waals surface area contributed by atoms with Crippen molar-refractivity contribution in [1.82, 2.24) is 9.78 Å². The van der Waals surface area contributed by atoms with E-state index in [-0.39, 0.29) is 5.78 Å². The van der Waals surface area contributed by atoms with Gasteiger partial charge in [-0.15, -0.1) is 0 Å². The van der Waals surface area contributed by atoms with Gasteiger partial charge in [0, 0.05) is 19.9 Å². The SMILES string of the molecule is CCc1nn(C)c(CC(=O)CC(C)CC)c1Cl. The van der Waals surface area contributed by atoms with Crippen molar-refractivity contribution in [2.24, 2.45) is 13.0 Å². The predicted molar refractivity (Wildman–Crippen MR) is 70.4 cm³/mol. The van der Waals surface area contributed by atoms with Crippen molar-refractivity contribution in [3.63, 3.8) is 0 Å². The maximum Gasteiger partial charge on any atom is 0.139 e. The summed E-state index contributed by atoms with van der Waals surface area (Å²) in [6, 6.07) is 0. The third kappa shape index (κ3) is 3.56. The summed E-state index contributed by atoms with van der Waals surface area (Å²) in [6.07, 6.45) is 2.85. The molecule has 0 spiro atoms. The lowest BCUT2D eigenvalue weighted by molar-refractivity contribution is -0.119. The van der Waals surface area contributed by atoms with Crippen LogP contribution in [0.3, 0.4) is 0 Å². The first kappa shape index (κ1) is 14.2. The number of Topliss-reactive ketones (excluding diaryl/α,β-unsaturated/α-hetero) is 1. The average Bonchev–Trinajstić information content (AvgIpc) is 2.56. The highest BCUT2D eigenvalue weighted by Crippen LogP contribution is 2.22. The number of nitrogens with zero attached hydrogens (tertiary/aromatic N) is 2. The van der Waals surface area contributed by atoms with Crippen LogP contribution >= 0.6 is 11.6 Å². The topological polar surface area (TPSA) is 34.9 Å². The van der Waals surface area contributed by atoms with E-state index in [0.29, 0.717) is 23.8 Å². The van der Waals surface area contributed by atoms with Gasteiger partial charge >= 0.3 is 0 Å². The number of aromatic nitrogens is 2. The van der Waals surface area contributed by atoms with E-state index in [2.05, 4.69) is 18.9 Å². The van der Waals surface area contributed by atoms with Crippen molar-refractivity contribution in [3.8, 4) is 0 Å². The molecule has 0 radical (unpaired) electrons. The van der Waals surface area contributed by atoms with E-state index in [9.17, 15) is 4.79 Å². The van der Waals surface area contributed by atoms with Gasteiger partial charge in [-0.1, -0.05) is 38.8 Å². The van der Waals surface area contributed by atoms with Crippen LogP contribution in [0.2, 0.25) is 5.02 Å². The Bertz CT molecular complexity index is 398. The maximum atomic E-state index is 11.9. The fourth-order valence-corrected chi connectivity index (χ4v) is 2.16. The first-order valence-electron chi connectivity index (χ1n) is 6.21. The van der Waals surface area contributed by atoms with Gasteiger partial charge in [-0.3, -0.25) is 9.48 Å². The molecule has 0 aliphatic heterocycles. The van der Waals surface area contributed by atoms with Crippen molar-refractivity contribution < 1.29 is 4.79 Å². The third-order valence-corrected chi connectivity index (χ3v) is 3.58. The summed E-state index contributed by atoms with van der Waals surface area (Å²) in [4.78, 5) is 11.9. The van der Waals surface area contributed by atoms with Crippen LogP contribution in [0.15, 0.2) is 0 Å². The van der Waals surface area contributed by atoms with Gasteiger partial charge in [-0.05, 0) is 12.3 Å². The zero-order valence-electron chi connectivity index (χ0n) is 11.1. The van der Waals surface area contributed by atoms with Crippen molar-refractivity contribution in [3.05, 3.63) is 16.4 Å². The molecule has 0 amide bonds. The first-order chi connectivity index (χ1) is 7.99. The van der Waals surface area contributed by atoms with Gasteiger partial charge in [0.25, 0.3) is 0 Å². The van der Waals surface area contributed by atoms with Gasteiger partial charge in [0.05, 0.1) is 16.4 Å². The minimum atomic E-state index is 0.243. The number of rotatable bonds is 6. The molecule has 0 aliphatic carbocycles. The Balaban J connectivity index is 2.74. The molecular formula is C13H21ClN2O. The molecule has 1 rings (SSSR count). The quantitative estimate of drug-likeness (QED) is 0.784. The molecule has 1 atom stereocenters. The highest BCUT2D eigenvalue weighted by molar-refractivity contribution is 6.32. The van der Waals surface area contributed by atoms with Gasteiger partial charge in [0.1, 0.15) is 5.78 Å². The Morgan fingerprint density at radius 2 is 2.12 bits per heavy atom. The standard InChI is InChI=1S/C13H21ClN2O/c1-5-9(3)7-10(17)8-12-13(14)11(6-2)15-16(12)4/h9H,5-8H2,1-4H3. The monoisotopic (exact) mass is 256 g/mol. The Morgan fingerprint density at radius 1 is 1.47 bits per heavy atom.